The van der Waals surface area contributed by atoms with Crippen LogP contribution >= 0.6 is 0 Å². The average Bonchev–Trinajstić information content (AvgIpc) is 2.81. The first-order valence-corrected chi connectivity index (χ1v) is 6.09. The Balaban J connectivity index is 1.73. The number of aromatic nitrogens is 2. The van der Waals surface area contributed by atoms with Gasteiger partial charge in [-0.25, -0.2) is 0 Å². The second-order valence-electron chi connectivity index (χ2n) is 4.65. The van der Waals surface area contributed by atoms with Crippen LogP contribution in [0.1, 0.15) is 50.8 Å². The van der Waals surface area contributed by atoms with Crippen LogP contribution in [0.25, 0.3) is 0 Å². The largest absolute Gasteiger partial charge is 0.309 e. The molecule has 0 bridgehead atoms. The minimum Gasteiger partial charge on any atom is -0.309 e. The maximum atomic E-state index is 3.97. The van der Waals surface area contributed by atoms with Crippen LogP contribution in [-0.4, -0.2) is 16.7 Å². The summed E-state index contributed by atoms with van der Waals surface area (Å²) in [6, 6.07) is 2.44. The average molecular weight is 207 g/mol. The molecule has 3 heteroatoms. The zero-order valence-electron chi connectivity index (χ0n) is 9.50. The quantitative estimate of drug-likeness (QED) is 0.797. The van der Waals surface area contributed by atoms with Gasteiger partial charge >= 0.3 is 0 Å². The van der Waals surface area contributed by atoms with Crippen molar-refractivity contribution >= 4 is 0 Å². The Morgan fingerprint density at radius 2 is 2.27 bits per heavy atom. The third-order valence-electron chi connectivity index (χ3n) is 3.43. The van der Waals surface area contributed by atoms with Crippen LogP contribution in [-0.2, 0) is 0 Å². The molecule has 0 spiro atoms. The standard InChI is InChI=1S/C12H21N3/c1-10(12-7-8-14-15-12)13-9-11-5-3-2-4-6-11/h7-8,10-11,13H,2-6,9H2,1H3,(H,14,15). The smallest absolute Gasteiger partial charge is 0.0518 e. The first kappa shape index (κ1) is 10.7. The molecule has 1 fully saturated rings. The van der Waals surface area contributed by atoms with Gasteiger partial charge in [0, 0.05) is 12.2 Å². The third kappa shape index (κ3) is 3.06. The summed E-state index contributed by atoms with van der Waals surface area (Å²) < 4.78 is 0. The molecule has 0 aliphatic heterocycles. The van der Waals surface area contributed by atoms with E-state index in [0.717, 1.165) is 12.5 Å². The fourth-order valence-electron chi connectivity index (χ4n) is 2.35. The Morgan fingerprint density at radius 3 is 2.93 bits per heavy atom. The molecule has 1 atom stereocenters. The summed E-state index contributed by atoms with van der Waals surface area (Å²) in [7, 11) is 0. The predicted octanol–water partition coefficient (Wildman–Crippen LogP) is 2.64. The Kier molecular flexibility index (Phi) is 3.78. The molecule has 2 rings (SSSR count). The third-order valence-corrected chi connectivity index (χ3v) is 3.43. The van der Waals surface area contributed by atoms with E-state index in [9.17, 15) is 0 Å². The lowest BCUT2D eigenvalue weighted by Gasteiger charge is -2.23. The maximum absolute atomic E-state index is 3.97. The molecular formula is C12H21N3. The van der Waals surface area contributed by atoms with Gasteiger partial charge in [-0.3, -0.25) is 5.10 Å². The number of nitrogens with one attached hydrogen (secondary N) is 2. The number of hydrogen-bond donors (Lipinski definition) is 2. The fraction of sp³-hybridized carbons (Fsp3) is 0.750. The lowest BCUT2D eigenvalue weighted by molar-refractivity contribution is 0.330. The highest BCUT2D eigenvalue weighted by Crippen LogP contribution is 2.23. The summed E-state index contributed by atoms with van der Waals surface area (Å²) in [5, 5.41) is 10.6. The van der Waals surface area contributed by atoms with Gasteiger partial charge in [0.25, 0.3) is 0 Å². The molecule has 2 N–H and O–H groups in total. The fourth-order valence-corrected chi connectivity index (χ4v) is 2.35. The highest BCUT2D eigenvalue weighted by molar-refractivity contribution is 5.02. The van der Waals surface area contributed by atoms with Crippen LogP contribution in [0.5, 0.6) is 0 Å². The molecule has 0 radical (unpaired) electrons. The van der Waals surface area contributed by atoms with Gasteiger partial charge in [0.05, 0.1) is 5.69 Å². The van der Waals surface area contributed by atoms with Crippen molar-refractivity contribution in [1.82, 2.24) is 15.5 Å². The van der Waals surface area contributed by atoms with Crippen molar-refractivity contribution in [2.75, 3.05) is 6.54 Å². The summed E-state index contributed by atoms with van der Waals surface area (Å²) >= 11 is 0. The number of H-pyrrole nitrogens is 1. The van der Waals surface area contributed by atoms with E-state index in [1.807, 2.05) is 12.3 Å². The Labute approximate surface area is 91.7 Å². The van der Waals surface area contributed by atoms with Gasteiger partial charge in [-0.15, -0.1) is 0 Å². The van der Waals surface area contributed by atoms with E-state index in [-0.39, 0.29) is 0 Å². The highest BCUT2D eigenvalue weighted by Gasteiger charge is 2.14. The summed E-state index contributed by atoms with van der Waals surface area (Å²) in [5.74, 6) is 0.893. The monoisotopic (exact) mass is 207 g/mol. The first-order valence-electron chi connectivity index (χ1n) is 6.09. The molecule has 1 aliphatic carbocycles. The molecule has 84 valence electrons. The molecule has 0 amide bonds. The van der Waals surface area contributed by atoms with Crippen LogP contribution in [0.4, 0.5) is 0 Å². The molecule has 1 saturated carbocycles. The van der Waals surface area contributed by atoms with E-state index in [0.29, 0.717) is 6.04 Å². The van der Waals surface area contributed by atoms with Crippen molar-refractivity contribution in [3.63, 3.8) is 0 Å². The molecular weight excluding hydrogens is 186 g/mol. The van der Waals surface area contributed by atoms with Crippen molar-refractivity contribution in [1.29, 1.82) is 0 Å². The van der Waals surface area contributed by atoms with E-state index in [1.165, 1.54) is 37.8 Å². The van der Waals surface area contributed by atoms with Gasteiger partial charge in [0.2, 0.25) is 0 Å². The zero-order valence-corrected chi connectivity index (χ0v) is 9.50. The zero-order chi connectivity index (χ0) is 10.5. The maximum Gasteiger partial charge on any atom is 0.0518 e. The summed E-state index contributed by atoms with van der Waals surface area (Å²) in [4.78, 5) is 0. The molecule has 1 aromatic rings. The van der Waals surface area contributed by atoms with Crippen molar-refractivity contribution in [2.45, 2.75) is 45.1 Å². The topological polar surface area (TPSA) is 40.7 Å². The molecule has 0 aromatic carbocycles. The van der Waals surface area contributed by atoms with Crippen LogP contribution in [0.2, 0.25) is 0 Å². The van der Waals surface area contributed by atoms with Crippen LogP contribution in [0.15, 0.2) is 12.3 Å². The van der Waals surface area contributed by atoms with Gasteiger partial charge in [0.15, 0.2) is 0 Å². The summed E-state index contributed by atoms with van der Waals surface area (Å²) in [5.41, 5.74) is 1.19. The van der Waals surface area contributed by atoms with Crippen molar-refractivity contribution in [3.8, 4) is 0 Å². The van der Waals surface area contributed by atoms with Crippen molar-refractivity contribution in [2.24, 2.45) is 5.92 Å². The van der Waals surface area contributed by atoms with E-state index in [2.05, 4.69) is 22.4 Å². The van der Waals surface area contributed by atoms with Gasteiger partial charge in [-0.05, 0) is 38.3 Å². The normalized spacial score (nSPS) is 20.3. The highest BCUT2D eigenvalue weighted by atomic mass is 15.1. The minimum absolute atomic E-state index is 0.398. The number of hydrogen-bond acceptors (Lipinski definition) is 2. The molecule has 1 unspecified atom stereocenters. The second-order valence-corrected chi connectivity index (χ2v) is 4.65. The van der Waals surface area contributed by atoms with Crippen LogP contribution in [0.3, 0.4) is 0 Å². The summed E-state index contributed by atoms with van der Waals surface area (Å²) in [6.07, 6.45) is 8.90. The lowest BCUT2D eigenvalue weighted by Crippen LogP contribution is -2.27. The van der Waals surface area contributed by atoms with E-state index in [1.54, 1.807) is 0 Å². The summed E-state index contributed by atoms with van der Waals surface area (Å²) in [6.45, 7) is 3.34. The van der Waals surface area contributed by atoms with E-state index >= 15 is 0 Å². The first-order chi connectivity index (χ1) is 7.36. The van der Waals surface area contributed by atoms with Crippen LogP contribution in [0, 0.1) is 5.92 Å². The number of rotatable bonds is 4. The minimum atomic E-state index is 0.398. The van der Waals surface area contributed by atoms with Gasteiger partial charge in [-0.1, -0.05) is 19.3 Å². The Morgan fingerprint density at radius 1 is 1.47 bits per heavy atom. The van der Waals surface area contributed by atoms with Crippen LogP contribution < -0.4 is 5.32 Å². The van der Waals surface area contributed by atoms with Gasteiger partial charge < -0.3 is 5.32 Å². The molecule has 15 heavy (non-hydrogen) atoms. The van der Waals surface area contributed by atoms with Gasteiger partial charge in [-0.2, -0.15) is 5.10 Å². The number of aromatic amines is 1. The second kappa shape index (κ2) is 5.31. The Hall–Kier alpha value is -0.830. The molecule has 1 heterocycles. The predicted molar refractivity (Wildman–Crippen MR) is 61.6 cm³/mol. The molecule has 1 aliphatic rings. The SMILES string of the molecule is CC(NCC1CCCCC1)c1ccn[nH]1. The molecule has 1 aromatic heterocycles. The van der Waals surface area contributed by atoms with E-state index < -0.39 is 0 Å². The van der Waals surface area contributed by atoms with Crippen molar-refractivity contribution in [3.05, 3.63) is 18.0 Å². The molecule has 3 nitrogen and oxygen atoms in total. The lowest BCUT2D eigenvalue weighted by atomic mass is 9.89. The van der Waals surface area contributed by atoms with Crippen molar-refractivity contribution < 1.29 is 0 Å². The molecule has 0 saturated heterocycles. The number of nitrogens with zero attached hydrogens (tertiary/aromatic N) is 1. The van der Waals surface area contributed by atoms with E-state index in [4.69, 9.17) is 0 Å². The van der Waals surface area contributed by atoms with Gasteiger partial charge in [0.1, 0.15) is 0 Å². The Bertz CT molecular complexity index is 262.